The molecule has 16 heavy (non-hydrogen) atoms. The van der Waals surface area contributed by atoms with E-state index in [1.165, 1.54) is 0 Å². The van der Waals surface area contributed by atoms with Crippen LogP contribution in [-0.2, 0) is 0 Å². The first-order valence-corrected chi connectivity index (χ1v) is 6.47. The van der Waals surface area contributed by atoms with Gasteiger partial charge in [0, 0.05) is 5.33 Å². The molecular weight excluding hydrogens is 268 g/mol. The molecule has 1 aromatic rings. The van der Waals surface area contributed by atoms with Crippen LogP contribution in [0, 0.1) is 0 Å². The van der Waals surface area contributed by atoms with Crippen LogP contribution in [0.25, 0.3) is 6.08 Å². The second-order valence-corrected chi connectivity index (χ2v) is 3.96. The third-order valence-corrected chi connectivity index (χ3v) is 2.42. The first-order chi connectivity index (χ1) is 7.81. The lowest BCUT2D eigenvalue weighted by Gasteiger charge is -2.10. The van der Waals surface area contributed by atoms with Crippen LogP contribution in [0.4, 0.5) is 0 Å². The van der Waals surface area contributed by atoms with Crippen molar-refractivity contribution in [1.29, 1.82) is 0 Å². The Morgan fingerprint density at radius 3 is 2.75 bits per heavy atom. The molecule has 3 heteroatoms. The van der Waals surface area contributed by atoms with Gasteiger partial charge < -0.3 is 9.47 Å². The fourth-order valence-corrected chi connectivity index (χ4v) is 1.49. The van der Waals surface area contributed by atoms with Gasteiger partial charge in [-0.3, -0.25) is 0 Å². The highest BCUT2D eigenvalue weighted by atomic mass is 79.9. The number of rotatable bonds is 6. The summed E-state index contributed by atoms with van der Waals surface area (Å²) in [4.78, 5) is 0. The number of allylic oxidation sites excluding steroid dienone is 1. The van der Waals surface area contributed by atoms with Crippen LogP contribution in [-0.4, -0.2) is 19.0 Å². The summed E-state index contributed by atoms with van der Waals surface area (Å²) in [6, 6.07) is 5.93. The molecule has 0 radical (unpaired) electrons. The zero-order valence-corrected chi connectivity index (χ0v) is 11.3. The van der Waals surface area contributed by atoms with Crippen molar-refractivity contribution >= 4 is 22.0 Å². The van der Waals surface area contributed by atoms with Gasteiger partial charge in [-0.15, -0.1) is 0 Å². The Kier molecular flexibility index (Phi) is 6.01. The summed E-state index contributed by atoms with van der Waals surface area (Å²) in [5.41, 5.74) is 1.12. The van der Waals surface area contributed by atoms with Gasteiger partial charge in [-0.05, 0) is 24.1 Å². The van der Waals surface area contributed by atoms with Crippen LogP contribution in [0.15, 0.2) is 24.3 Å². The molecule has 0 aliphatic rings. The van der Waals surface area contributed by atoms with Crippen molar-refractivity contribution in [1.82, 2.24) is 0 Å². The fraction of sp³-hybridized carbons (Fsp3) is 0.385. The van der Waals surface area contributed by atoms with E-state index in [-0.39, 0.29) is 0 Å². The number of hydrogen-bond acceptors (Lipinski definition) is 2. The lowest BCUT2D eigenvalue weighted by atomic mass is 10.2. The molecule has 0 spiro atoms. The van der Waals surface area contributed by atoms with Crippen molar-refractivity contribution in [2.75, 3.05) is 19.0 Å². The molecule has 1 rings (SSSR count). The summed E-state index contributed by atoms with van der Waals surface area (Å²) in [5.74, 6) is 1.59. The molecular formula is C13H17BrO2. The monoisotopic (exact) mass is 284 g/mol. The van der Waals surface area contributed by atoms with Crippen LogP contribution in [0.5, 0.6) is 11.5 Å². The molecule has 0 heterocycles. The van der Waals surface area contributed by atoms with E-state index >= 15 is 0 Å². The van der Waals surface area contributed by atoms with E-state index in [0.717, 1.165) is 28.8 Å². The van der Waals surface area contributed by atoms with Gasteiger partial charge in [0.15, 0.2) is 11.5 Å². The van der Waals surface area contributed by atoms with Gasteiger partial charge in [-0.2, -0.15) is 0 Å². The van der Waals surface area contributed by atoms with Crippen LogP contribution in [0.2, 0.25) is 0 Å². The Hall–Kier alpha value is -0.960. The second-order valence-electron chi connectivity index (χ2n) is 3.32. The summed E-state index contributed by atoms with van der Waals surface area (Å²) in [7, 11) is 1.65. The first-order valence-electron chi connectivity index (χ1n) is 5.35. The van der Waals surface area contributed by atoms with Gasteiger partial charge in [-0.25, -0.2) is 0 Å². The maximum Gasteiger partial charge on any atom is 0.161 e. The zero-order valence-electron chi connectivity index (χ0n) is 9.70. The molecule has 1 aromatic carbocycles. The van der Waals surface area contributed by atoms with Gasteiger partial charge in [0.05, 0.1) is 13.7 Å². The van der Waals surface area contributed by atoms with Crippen LogP contribution in [0.3, 0.4) is 0 Å². The molecule has 0 bridgehead atoms. The molecule has 0 aromatic heterocycles. The number of alkyl halides is 1. The van der Waals surface area contributed by atoms with E-state index in [2.05, 4.69) is 22.9 Å². The average molecular weight is 285 g/mol. The molecule has 0 aliphatic heterocycles. The highest BCUT2D eigenvalue weighted by Gasteiger charge is 2.03. The van der Waals surface area contributed by atoms with Crippen molar-refractivity contribution in [3.63, 3.8) is 0 Å². The number of benzene rings is 1. The number of hydrogen-bond donors (Lipinski definition) is 0. The lowest BCUT2D eigenvalue weighted by Crippen LogP contribution is -1.97. The van der Waals surface area contributed by atoms with Crippen molar-refractivity contribution in [3.05, 3.63) is 29.8 Å². The molecule has 0 fully saturated rings. The van der Waals surface area contributed by atoms with Crippen molar-refractivity contribution in [2.24, 2.45) is 0 Å². The minimum Gasteiger partial charge on any atom is -0.493 e. The van der Waals surface area contributed by atoms with Gasteiger partial charge in [0.1, 0.15) is 0 Å². The Morgan fingerprint density at radius 2 is 2.12 bits per heavy atom. The molecule has 0 N–H and O–H groups in total. The second kappa shape index (κ2) is 7.34. The van der Waals surface area contributed by atoms with Crippen LogP contribution < -0.4 is 9.47 Å². The van der Waals surface area contributed by atoms with Gasteiger partial charge >= 0.3 is 0 Å². The Balaban J connectivity index is 2.87. The minimum atomic E-state index is 0.710. The maximum atomic E-state index is 5.63. The standard InChI is InChI=1S/C13H17BrO2/c1-3-9-16-13-10-11(5-4-8-14)6-7-12(13)15-2/h4-7,10H,3,8-9H2,1-2H3. The van der Waals surface area contributed by atoms with E-state index in [1.807, 2.05) is 30.4 Å². The molecule has 0 amide bonds. The average Bonchev–Trinajstić information content (AvgIpc) is 2.33. The third-order valence-electron chi connectivity index (χ3n) is 2.05. The van der Waals surface area contributed by atoms with Crippen molar-refractivity contribution in [3.8, 4) is 11.5 Å². The van der Waals surface area contributed by atoms with E-state index < -0.39 is 0 Å². The molecule has 0 unspecified atom stereocenters. The highest BCUT2D eigenvalue weighted by Crippen LogP contribution is 2.28. The molecule has 0 atom stereocenters. The summed E-state index contributed by atoms with van der Waals surface area (Å²) >= 11 is 3.35. The van der Waals surface area contributed by atoms with E-state index in [1.54, 1.807) is 7.11 Å². The Labute approximate surface area is 105 Å². The van der Waals surface area contributed by atoms with E-state index in [4.69, 9.17) is 9.47 Å². The number of halogens is 1. The van der Waals surface area contributed by atoms with Crippen molar-refractivity contribution < 1.29 is 9.47 Å². The molecule has 0 aliphatic carbocycles. The molecule has 88 valence electrons. The largest absolute Gasteiger partial charge is 0.493 e. The highest BCUT2D eigenvalue weighted by molar-refractivity contribution is 9.09. The zero-order chi connectivity index (χ0) is 11.8. The predicted octanol–water partition coefficient (Wildman–Crippen LogP) is 3.89. The molecule has 0 saturated carbocycles. The predicted molar refractivity (Wildman–Crippen MR) is 71.6 cm³/mol. The molecule has 0 saturated heterocycles. The fourth-order valence-electron chi connectivity index (χ4n) is 1.30. The van der Waals surface area contributed by atoms with E-state index in [9.17, 15) is 0 Å². The summed E-state index contributed by atoms with van der Waals surface area (Å²) in [6.45, 7) is 2.79. The van der Waals surface area contributed by atoms with Crippen molar-refractivity contribution in [2.45, 2.75) is 13.3 Å². The first kappa shape index (κ1) is 13.1. The summed E-state index contributed by atoms with van der Waals surface area (Å²) < 4.78 is 10.9. The number of ether oxygens (including phenoxy) is 2. The topological polar surface area (TPSA) is 18.5 Å². The number of methoxy groups -OCH3 is 1. The quantitative estimate of drug-likeness (QED) is 0.738. The van der Waals surface area contributed by atoms with Gasteiger partial charge in [0.25, 0.3) is 0 Å². The van der Waals surface area contributed by atoms with Gasteiger partial charge in [0.2, 0.25) is 0 Å². The SMILES string of the molecule is CCCOc1cc(C=CCBr)ccc1OC. The summed E-state index contributed by atoms with van der Waals surface area (Å²) in [5, 5.41) is 0.851. The molecule has 2 nitrogen and oxygen atoms in total. The normalized spacial score (nSPS) is 10.7. The van der Waals surface area contributed by atoms with Gasteiger partial charge in [-0.1, -0.05) is 41.1 Å². The minimum absolute atomic E-state index is 0.710. The van der Waals surface area contributed by atoms with Crippen LogP contribution >= 0.6 is 15.9 Å². The Morgan fingerprint density at radius 1 is 1.31 bits per heavy atom. The third kappa shape index (κ3) is 3.89. The smallest absolute Gasteiger partial charge is 0.161 e. The lowest BCUT2D eigenvalue weighted by molar-refractivity contribution is 0.294. The maximum absolute atomic E-state index is 5.63. The summed E-state index contributed by atoms with van der Waals surface area (Å²) in [6.07, 6.45) is 5.09. The van der Waals surface area contributed by atoms with E-state index in [0.29, 0.717) is 6.61 Å². The Bertz CT molecular complexity index is 348. The van der Waals surface area contributed by atoms with Crippen LogP contribution in [0.1, 0.15) is 18.9 Å².